The van der Waals surface area contributed by atoms with Crippen molar-refractivity contribution in [2.75, 3.05) is 32.6 Å². The first-order valence-corrected chi connectivity index (χ1v) is 7.17. The number of anilines is 1. The van der Waals surface area contributed by atoms with Crippen molar-refractivity contribution in [3.05, 3.63) is 53.9 Å². The molecule has 1 aromatic carbocycles. The van der Waals surface area contributed by atoms with Crippen molar-refractivity contribution in [3.8, 4) is 5.75 Å². The molecule has 2 aromatic rings. The summed E-state index contributed by atoms with van der Waals surface area (Å²) in [6, 6.07) is 12.3. The molecule has 21 heavy (non-hydrogen) atoms. The smallest absolute Gasteiger partial charge is 0.142 e. The van der Waals surface area contributed by atoms with Crippen LogP contribution >= 0.6 is 0 Å². The molecule has 1 N–H and O–H groups in total. The van der Waals surface area contributed by atoms with E-state index in [1.807, 2.05) is 26.2 Å². The van der Waals surface area contributed by atoms with Crippen LogP contribution < -0.4 is 15.0 Å². The third kappa shape index (κ3) is 3.52. The largest absolute Gasteiger partial charge is 0.495 e. The number of benzene rings is 1. The molecule has 1 atom stereocenters. The molecular weight excluding hydrogens is 262 g/mol. The number of aromatic nitrogens is 1. The van der Waals surface area contributed by atoms with Crippen molar-refractivity contribution in [2.24, 2.45) is 0 Å². The van der Waals surface area contributed by atoms with Crippen LogP contribution in [0, 0.1) is 0 Å². The van der Waals surface area contributed by atoms with Gasteiger partial charge in [-0.05, 0) is 36.4 Å². The molecule has 0 bridgehead atoms. The zero-order valence-electron chi connectivity index (χ0n) is 13.1. The summed E-state index contributed by atoms with van der Waals surface area (Å²) in [5, 5.41) is 3.50. The molecule has 0 spiro atoms. The van der Waals surface area contributed by atoms with Crippen molar-refractivity contribution in [1.82, 2.24) is 10.3 Å². The maximum absolute atomic E-state index is 5.46. The van der Waals surface area contributed by atoms with Gasteiger partial charge in [0.05, 0.1) is 13.2 Å². The Morgan fingerprint density at radius 3 is 2.71 bits per heavy atom. The van der Waals surface area contributed by atoms with E-state index in [4.69, 9.17) is 4.74 Å². The summed E-state index contributed by atoms with van der Waals surface area (Å²) in [7, 11) is 5.77. The molecule has 0 saturated heterocycles. The SMILES string of the molecule is CCNC(c1cccc(N(C)C)c1)c1ncccc1OC. The van der Waals surface area contributed by atoms with Crippen molar-refractivity contribution in [3.63, 3.8) is 0 Å². The molecule has 4 heteroatoms. The van der Waals surface area contributed by atoms with E-state index < -0.39 is 0 Å². The molecule has 112 valence electrons. The normalized spacial score (nSPS) is 12.0. The quantitative estimate of drug-likeness (QED) is 0.885. The molecule has 1 unspecified atom stereocenters. The highest BCUT2D eigenvalue weighted by Gasteiger charge is 2.19. The lowest BCUT2D eigenvalue weighted by molar-refractivity contribution is 0.400. The summed E-state index contributed by atoms with van der Waals surface area (Å²) < 4.78 is 5.46. The summed E-state index contributed by atoms with van der Waals surface area (Å²) in [5.74, 6) is 0.804. The van der Waals surface area contributed by atoms with Gasteiger partial charge in [0.1, 0.15) is 11.4 Å². The Hall–Kier alpha value is -2.07. The molecule has 0 aliphatic carbocycles. The number of hydrogen-bond donors (Lipinski definition) is 1. The Morgan fingerprint density at radius 2 is 2.05 bits per heavy atom. The fraction of sp³-hybridized carbons (Fsp3) is 0.353. The monoisotopic (exact) mass is 285 g/mol. The number of ether oxygens (including phenoxy) is 1. The molecule has 0 fully saturated rings. The Labute approximate surface area is 126 Å². The van der Waals surface area contributed by atoms with Gasteiger partial charge in [-0.25, -0.2) is 0 Å². The van der Waals surface area contributed by atoms with Gasteiger partial charge in [-0.3, -0.25) is 4.98 Å². The first-order chi connectivity index (χ1) is 10.2. The molecule has 0 amide bonds. The highest BCUT2D eigenvalue weighted by Crippen LogP contribution is 2.29. The van der Waals surface area contributed by atoms with Gasteiger partial charge in [-0.2, -0.15) is 0 Å². The topological polar surface area (TPSA) is 37.4 Å². The molecule has 1 heterocycles. The minimum atomic E-state index is 0.0195. The lowest BCUT2D eigenvalue weighted by Gasteiger charge is -2.22. The van der Waals surface area contributed by atoms with Crippen LogP contribution in [0.1, 0.15) is 24.2 Å². The van der Waals surface area contributed by atoms with Crippen LogP contribution in [-0.4, -0.2) is 32.7 Å². The van der Waals surface area contributed by atoms with Gasteiger partial charge in [-0.1, -0.05) is 19.1 Å². The number of hydrogen-bond acceptors (Lipinski definition) is 4. The zero-order valence-corrected chi connectivity index (χ0v) is 13.1. The number of nitrogens with one attached hydrogen (secondary N) is 1. The predicted octanol–water partition coefficient (Wildman–Crippen LogP) is 2.86. The third-order valence-electron chi connectivity index (χ3n) is 3.42. The van der Waals surface area contributed by atoms with Gasteiger partial charge in [0.25, 0.3) is 0 Å². The van der Waals surface area contributed by atoms with Crippen LogP contribution in [0.15, 0.2) is 42.6 Å². The Balaban J connectivity index is 2.45. The summed E-state index contributed by atoms with van der Waals surface area (Å²) in [5.41, 5.74) is 3.27. The summed E-state index contributed by atoms with van der Waals surface area (Å²) >= 11 is 0. The first-order valence-electron chi connectivity index (χ1n) is 7.17. The Bertz CT molecular complexity index is 584. The minimum absolute atomic E-state index is 0.0195. The lowest BCUT2D eigenvalue weighted by atomic mass is 10.0. The van der Waals surface area contributed by atoms with Crippen LogP contribution in [0.2, 0.25) is 0 Å². The number of rotatable bonds is 6. The second kappa shape index (κ2) is 7.09. The van der Waals surface area contributed by atoms with E-state index in [1.165, 1.54) is 11.3 Å². The number of pyridine rings is 1. The van der Waals surface area contributed by atoms with Crippen LogP contribution in [0.25, 0.3) is 0 Å². The summed E-state index contributed by atoms with van der Waals surface area (Å²) in [6.45, 7) is 2.95. The molecule has 2 rings (SSSR count). The van der Waals surface area contributed by atoms with Crippen LogP contribution in [0.3, 0.4) is 0 Å². The average Bonchev–Trinajstić information content (AvgIpc) is 2.52. The van der Waals surface area contributed by atoms with E-state index in [-0.39, 0.29) is 6.04 Å². The second-order valence-corrected chi connectivity index (χ2v) is 5.07. The van der Waals surface area contributed by atoms with E-state index in [9.17, 15) is 0 Å². The average molecular weight is 285 g/mol. The fourth-order valence-electron chi connectivity index (χ4n) is 2.35. The van der Waals surface area contributed by atoms with Crippen LogP contribution in [0.4, 0.5) is 5.69 Å². The third-order valence-corrected chi connectivity index (χ3v) is 3.42. The maximum Gasteiger partial charge on any atom is 0.142 e. The highest BCUT2D eigenvalue weighted by atomic mass is 16.5. The zero-order chi connectivity index (χ0) is 15.2. The molecule has 0 aliphatic heterocycles. The molecule has 1 aromatic heterocycles. The van der Waals surface area contributed by atoms with Gasteiger partial charge in [0.2, 0.25) is 0 Å². The van der Waals surface area contributed by atoms with E-state index in [0.717, 1.165) is 18.0 Å². The lowest BCUT2D eigenvalue weighted by Crippen LogP contribution is -2.24. The fourth-order valence-corrected chi connectivity index (χ4v) is 2.35. The standard InChI is InChI=1S/C17H23N3O/c1-5-18-16(17-15(21-4)10-7-11-19-17)13-8-6-9-14(12-13)20(2)3/h6-12,16,18H,5H2,1-4H3. The van der Waals surface area contributed by atoms with E-state index >= 15 is 0 Å². The van der Waals surface area contributed by atoms with Gasteiger partial charge >= 0.3 is 0 Å². The van der Waals surface area contributed by atoms with Gasteiger partial charge < -0.3 is 15.0 Å². The Morgan fingerprint density at radius 1 is 1.24 bits per heavy atom. The maximum atomic E-state index is 5.46. The van der Waals surface area contributed by atoms with Crippen molar-refractivity contribution >= 4 is 5.69 Å². The molecule has 0 aliphatic rings. The first kappa shape index (κ1) is 15.3. The summed E-state index contributed by atoms with van der Waals surface area (Å²) in [6.07, 6.45) is 1.80. The van der Waals surface area contributed by atoms with E-state index in [2.05, 4.69) is 46.4 Å². The predicted molar refractivity (Wildman–Crippen MR) is 87.1 cm³/mol. The molecule has 0 radical (unpaired) electrons. The van der Waals surface area contributed by atoms with Crippen LogP contribution in [-0.2, 0) is 0 Å². The van der Waals surface area contributed by atoms with Crippen molar-refractivity contribution in [1.29, 1.82) is 0 Å². The van der Waals surface area contributed by atoms with Gasteiger partial charge in [0.15, 0.2) is 0 Å². The van der Waals surface area contributed by atoms with Crippen molar-refractivity contribution < 1.29 is 4.74 Å². The van der Waals surface area contributed by atoms with Gasteiger partial charge in [-0.15, -0.1) is 0 Å². The highest BCUT2D eigenvalue weighted by molar-refractivity contribution is 5.49. The van der Waals surface area contributed by atoms with E-state index in [1.54, 1.807) is 13.3 Å². The molecule has 0 saturated carbocycles. The molecule has 4 nitrogen and oxygen atoms in total. The summed E-state index contributed by atoms with van der Waals surface area (Å²) in [4.78, 5) is 6.62. The van der Waals surface area contributed by atoms with Crippen LogP contribution in [0.5, 0.6) is 5.75 Å². The number of methoxy groups -OCH3 is 1. The van der Waals surface area contributed by atoms with Gasteiger partial charge in [0, 0.05) is 26.0 Å². The number of nitrogens with zero attached hydrogens (tertiary/aromatic N) is 2. The second-order valence-electron chi connectivity index (χ2n) is 5.07. The molecular formula is C17H23N3O. The van der Waals surface area contributed by atoms with E-state index in [0.29, 0.717) is 0 Å². The van der Waals surface area contributed by atoms with Crippen molar-refractivity contribution in [2.45, 2.75) is 13.0 Å². The minimum Gasteiger partial charge on any atom is -0.495 e. The Kier molecular flexibility index (Phi) is 5.17.